The zero-order valence-corrected chi connectivity index (χ0v) is 18.0. The van der Waals surface area contributed by atoms with Crippen molar-refractivity contribution in [2.24, 2.45) is 0 Å². The lowest BCUT2D eigenvalue weighted by Crippen LogP contribution is -2.48. The third-order valence-corrected chi connectivity index (χ3v) is 6.18. The van der Waals surface area contributed by atoms with Crippen molar-refractivity contribution in [3.8, 4) is 22.1 Å². The molecule has 0 saturated carbocycles. The Morgan fingerprint density at radius 1 is 1.00 bits per heavy atom. The first-order valence-electron chi connectivity index (χ1n) is 9.92. The van der Waals surface area contributed by atoms with Crippen molar-refractivity contribution in [3.63, 3.8) is 0 Å². The summed E-state index contributed by atoms with van der Waals surface area (Å²) in [6, 6.07) is 15.3. The van der Waals surface area contributed by atoms with Crippen LogP contribution in [-0.4, -0.2) is 61.1 Å². The molecular formula is C23H25N3O3S. The number of carbonyl (C=O) groups excluding carboxylic acids is 1. The van der Waals surface area contributed by atoms with E-state index in [2.05, 4.69) is 10.3 Å². The van der Waals surface area contributed by atoms with E-state index in [1.807, 2.05) is 53.4 Å². The number of thiazole rings is 1. The second-order valence-corrected chi connectivity index (χ2v) is 7.98. The minimum absolute atomic E-state index is 0.108. The topological polar surface area (TPSA) is 54.9 Å². The largest absolute Gasteiger partial charge is 0.493 e. The first-order chi connectivity index (χ1) is 14.7. The number of hydrogen-bond donors (Lipinski definition) is 0. The van der Waals surface area contributed by atoms with Gasteiger partial charge in [0.2, 0.25) is 0 Å². The van der Waals surface area contributed by atoms with Gasteiger partial charge in [-0.1, -0.05) is 24.3 Å². The van der Waals surface area contributed by atoms with Gasteiger partial charge < -0.3 is 14.4 Å². The van der Waals surface area contributed by atoms with Crippen LogP contribution in [0.3, 0.4) is 0 Å². The molecule has 0 unspecified atom stereocenters. The third kappa shape index (κ3) is 4.32. The maximum Gasteiger partial charge on any atom is 0.253 e. The summed E-state index contributed by atoms with van der Waals surface area (Å²) in [5.41, 5.74) is 2.72. The van der Waals surface area contributed by atoms with Crippen molar-refractivity contribution in [2.45, 2.75) is 6.54 Å². The van der Waals surface area contributed by atoms with E-state index >= 15 is 0 Å². The van der Waals surface area contributed by atoms with Crippen molar-refractivity contribution in [2.75, 3.05) is 40.4 Å². The lowest BCUT2D eigenvalue weighted by molar-refractivity contribution is 0.0627. The quantitative estimate of drug-likeness (QED) is 0.604. The van der Waals surface area contributed by atoms with Gasteiger partial charge in [-0.3, -0.25) is 9.69 Å². The van der Waals surface area contributed by atoms with Gasteiger partial charge in [-0.05, 0) is 24.3 Å². The molecule has 2 aromatic carbocycles. The Labute approximate surface area is 180 Å². The van der Waals surface area contributed by atoms with E-state index in [0.29, 0.717) is 11.5 Å². The Balaban J connectivity index is 1.38. The summed E-state index contributed by atoms with van der Waals surface area (Å²) in [6.07, 6.45) is 0. The van der Waals surface area contributed by atoms with Crippen LogP contribution in [0.25, 0.3) is 10.6 Å². The maximum absolute atomic E-state index is 12.6. The average molecular weight is 424 g/mol. The standard InChI is InChI=1S/C23H25N3O3S/c1-28-20-10-6-9-19(21(20)29-2)22-24-18(16-30-22)15-25-11-13-26(14-12-25)23(27)17-7-4-3-5-8-17/h3-10,16H,11-15H2,1-2H3. The van der Waals surface area contributed by atoms with Gasteiger partial charge in [-0.15, -0.1) is 11.3 Å². The number of para-hydroxylation sites is 1. The number of ether oxygens (including phenoxy) is 2. The lowest BCUT2D eigenvalue weighted by atomic mass is 10.2. The molecule has 1 aromatic heterocycles. The number of nitrogens with zero attached hydrogens (tertiary/aromatic N) is 3. The zero-order valence-electron chi connectivity index (χ0n) is 17.2. The monoisotopic (exact) mass is 423 g/mol. The normalized spacial score (nSPS) is 14.5. The number of aromatic nitrogens is 1. The van der Waals surface area contributed by atoms with E-state index in [0.717, 1.165) is 54.6 Å². The van der Waals surface area contributed by atoms with E-state index < -0.39 is 0 Å². The summed E-state index contributed by atoms with van der Waals surface area (Å²) in [5.74, 6) is 1.51. The first-order valence-corrected chi connectivity index (χ1v) is 10.8. The molecule has 0 spiro atoms. The Morgan fingerprint density at radius 3 is 2.47 bits per heavy atom. The molecule has 0 bridgehead atoms. The highest BCUT2D eigenvalue weighted by Gasteiger charge is 2.23. The number of hydrogen-bond acceptors (Lipinski definition) is 6. The summed E-state index contributed by atoms with van der Waals surface area (Å²) in [6.45, 7) is 3.92. The Morgan fingerprint density at radius 2 is 1.77 bits per heavy atom. The predicted octanol–water partition coefficient (Wildman–Crippen LogP) is 3.79. The third-order valence-electron chi connectivity index (χ3n) is 5.25. The van der Waals surface area contributed by atoms with Crippen molar-refractivity contribution in [1.82, 2.24) is 14.8 Å². The summed E-state index contributed by atoms with van der Waals surface area (Å²) < 4.78 is 10.9. The van der Waals surface area contributed by atoms with E-state index in [9.17, 15) is 4.79 Å². The predicted molar refractivity (Wildman–Crippen MR) is 118 cm³/mol. The van der Waals surface area contributed by atoms with Crippen LogP contribution in [0.2, 0.25) is 0 Å². The highest BCUT2D eigenvalue weighted by Crippen LogP contribution is 2.39. The highest BCUT2D eigenvalue weighted by molar-refractivity contribution is 7.13. The van der Waals surface area contributed by atoms with Crippen molar-refractivity contribution in [1.29, 1.82) is 0 Å². The van der Waals surface area contributed by atoms with Crippen LogP contribution in [0.5, 0.6) is 11.5 Å². The molecule has 3 aromatic rings. The summed E-state index contributed by atoms with van der Waals surface area (Å²) >= 11 is 1.60. The Bertz CT molecular complexity index is 998. The molecule has 7 heteroatoms. The summed E-state index contributed by atoms with van der Waals surface area (Å²) in [5, 5.41) is 3.01. The van der Waals surface area contributed by atoms with Crippen LogP contribution in [0.15, 0.2) is 53.9 Å². The van der Waals surface area contributed by atoms with Crippen molar-refractivity contribution < 1.29 is 14.3 Å². The van der Waals surface area contributed by atoms with Crippen LogP contribution < -0.4 is 9.47 Å². The van der Waals surface area contributed by atoms with Crippen LogP contribution >= 0.6 is 11.3 Å². The minimum atomic E-state index is 0.108. The van der Waals surface area contributed by atoms with Crippen molar-refractivity contribution in [3.05, 3.63) is 65.2 Å². The zero-order chi connectivity index (χ0) is 20.9. The molecule has 1 aliphatic rings. The number of rotatable bonds is 6. The molecule has 6 nitrogen and oxygen atoms in total. The van der Waals surface area contributed by atoms with Crippen LogP contribution in [0.4, 0.5) is 0 Å². The van der Waals surface area contributed by atoms with Gasteiger partial charge in [-0.25, -0.2) is 4.98 Å². The number of piperazine rings is 1. The second-order valence-electron chi connectivity index (χ2n) is 7.12. The molecule has 1 saturated heterocycles. The van der Waals surface area contributed by atoms with Gasteiger partial charge >= 0.3 is 0 Å². The van der Waals surface area contributed by atoms with E-state index in [4.69, 9.17) is 14.5 Å². The van der Waals surface area contributed by atoms with Gasteiger partial charge in [0.05, 0.1) is 25.5 Å². The number of benzene rings is 2. The van der Waals surface area contributed by atoms with E-state index in [1.165, 1.54) is 0 Å². The summed E-state index contributed by atoms with van der Waals surface area (Å²) in [4.78, 5) is 21.7. The molecule has 156 valence electrons. The maximum atomic E-state index is 12.6. The molecule has 0 radical (unpaired) electrons. The van der Waals surface area contributed by atoms with Gasteiger partial charge in [-0.2, -0.15) is 0 Å². The van der Waals surface area contributed by atoms with Gasteiger partial charge in [0.25, 0.3) is 5.91 Å². The fourth-order valence-electron chi connectivity index (χ4n) is 3.66. The van der Waals surface area contributed by atoms with Crippen LogP contribution in [0, 0.1) is 0 Å². The van der Waals surface area contributed by atoms with E-state index in [1.54, 1.807) is 25.6 Å². The smallest absolute Gasteiger partial charge is 0.253 e. The fraction of sp³-hybridized carbons (Fsp3) is 0.304. The number of carbonyl (C=O) groups is 1. The summed E-state index contributed by atoms with van der Waals surface area (Å²) in [7, 11) is 3.28. The van der Waals surface area contributed by atoms with Crippen LogP contribution in [0.1, 0.15) is 16.1 Å². The molecular weight excluding hydrogens is 398 g/mol. The van der Waals surface area contributed by atoms with E-state index in [-0.39, 0.29) is 5.91 Å². The van der Waals surface area contributed by atoms with Crippen LogP contribution in [-0.2, 0) is 6.54 Å². The average Bonchev–Trinajstić information content (AvgIpc) is 3.27. The molecule has 1 aliphatic heterocycles. The first kappa shape index (κ1) is 20.4. The second kappa shape index (κ2) is 9.28. The molecule has 1 amide bonds. The molecule has 30 heavy (non-hydrogen) atoms. The van der Waals surface area contributed by atoms with Gasteiger partial charge in [0.15, 0.2) is 11.5 Å². The Kier molecular flexibility index (Phi) is 6.30. The fourth-order valence-corrected chi connectivity index (χ4v) is 4.49. The molecule has 1 fully saturated rings. The van der Waals surface area contributed by atoms with Gasteiger partial charge in [0, 0.05) is 43.7 Å². The molecule has 0 atom stereocenters. The lowest BCUT2D eigenvalue weighted by Gasteiger charge is -2.34. The van der Waals surface area contributed by atoms with Gasteiger partial charge in [0.1, 0.15) is 5.01 Å². The minimum Gasteiger partial charge on any atom is -0.493 e. The molecule has 0 N–H and O–H groups in total. The SMILES string of the molecule is COc1cccc(-c2nc(CN3CCN(C(=O)c4ccccc4)CC3)cs2)c1OC. The van der Waals surface area contributed by atoms with Crippen molar-refractivity contribution >= 4 is 17.2 Å². The Hall–Kier alpha value is -2.90. The molecule has 2 heterocycles. The number of amides is 1. The molecule has 4 rings (SSSR count). The molecule has 0 aliphatic carbocycles. The number of methoxy groups -OCH3 is 2. The highest BCUT2D eigenvalue weighted by atomic mass is 32.1.